The molecule has 0 N–H and O–H groups in total. The molecule has 9 heteroatoms. The molecule has 0 aromatic carbocycles. The van der Waals surface area contributed by atoms with Gasteiger partial charge in [-0.1, -0.05) is 18.6 Å². The van der Waals surface area contributed by atoms with Gasteiger partial charge in [0.15, 0.2) is 6.10 Å². The van der Waals surface area contributed by atoms with Crippen molar-refractivity contribution in [1.29, 1.82) is 0 Å². The molecule has 1 aromatic rings. The van der Waals surface area contributed by atoms with Crippen molar-refractivity contribution in [1.82, 2.24) is 0 Å². The molecule has 0 amide bonds. The number of carbonyl (C=O) groups excluding carboxylic acids is 4. The number of esters is 4. The minimum atomic E-state index is -1.04. The Balaban J connectivity index is 1.59. The summed E-state index contributed by atoms with van der Waals surface area (Å²) in [5.74, 6) is -3.31. The molecule has 8 unspecified atom stereocenters. The molecule has 4 aliphatic rings. The van der Waals surface area contributed by atoms with Gasteiger partial charge in [0.05, 0.1) is 24.5 Å². The lowest BCUT2D eigenvalue weighted by Gasteiger charge is -2.58. The standard InChI is InChI=1S/C30H36O9/c1-6-17(4)26(32)37-20-12-22-29(15-36-27(33)24(29)25(20)39-23(31)11-16(2)3)9-7-18(5)30(22)13-21(38-28(30)34)19-8-10-35-14-19/h6,8,10-11,14,18,20-22,24-25H,7,9,12-13,15H2,1-5H3. The fourth-order valence-corrected chi connectivity index (χ4v) is 7.44. The lowest BCUT2D eigenvalue weighted by atomic mass is 9.43. The first-order valence-corrected chi connectivity index (χ1v) is 13.6. The largest absolute Gasteiger partial charge is 0.472 e. The normalized spacial score (nSPS) is 37.4. The third-order valence-electron chi connectivity index (χ3n) is 9.50. The fraction of sp³-hybridized carbons (Fsp3) is 0.600. The van der Waals surface area contributed by atoms with Crippen molar-refractivity contribution >= 4 is 23.9 Å². The molecule has 4 fully saturated rings. The number of fused-ring (bicyclic) bond motifs is 1. The third-order valence-corrected chi connectivity index (χ3v) is 9.50. The molecule has 0 radical (unpaired) electrons. The molecule has 2 aliphatic heterocycles. The molecule has 1 aromatic heterocycles. The van der Waals surface area contributed by atoms with Gasteiger partial charge in [-0.25, -0.2) is 9.59 Å². The molecule has 9 nitrogen and oxygen atoms in total. The number of ether oxygens (including phenoxy) is 4. The highest BCUT2D eigenvalue weighted by Crippen LogP contribution is 2.68. The zero-order valence-electron chi connectivity index (χ0n) is 23.1. The smallest absolute Gasteiger partial charge is 0.333 e. The van der Waals surface area contributed by atoms with Crippen molar-refractivity contribution in [2.24, 2.45) is 28.6 Å². The molecule has 2 saturated heterocycles. The molecule has 2 spiro atoms. The second-order valence-electron chi connectivity index (χ2n) is 11.8. The van der Waals surface area contributed by atoms with E-state index in [0.29, 0.717) is 24.8 Å². The Morgan fingerprint density at radius 3 is 2.59 bits per heavy atom. The van der Waals surface area contributed by atoms with Crippen LogP contribution in [0, 0.1) is 28.6 Å². The number of hydrogen-bond acceptors (Lipinski definition) is 9. The molecule has 39 heavy (non-hydrogen) atoms. The predicted octanol–water partition coefficient (Wildman–Crippen LogP) is 4.62. The number of rotatable bonds is 5. The van der Waals surface area contributed by atoms with Gasteiger partial charge in [0.1, 0.15) is 18.1 Å². The maximum absolute atomic E-state index is 13.9. The van der Waals surface area contributed by atoms with Crippen LogP contribution < -0.4 is 0 Å². The number of cyclic esters (lactones) is 2. The Morgan fingerprint density at radius 1 is 1.15 bits per heavy atom. The van der Waals surface area contributed by atoms with Crippen LogP contribution in [-0.4, -0.2) is 42.7 Å². The van der Waals surface area contributed by atoms with Crippen LogP contribution in [0.2, 0.25) is 0 Å². The molecule has 8 atom stereocenters. The molecule has 210 valence electrons. The highest BCUT2D eigenvalue weighted by Gasteiger charge is 2.74. The summed E-state index contributed by atoms with van der Waals surface area (Å²) in [7, 11) is 0. The van der Waals surface area contributed by atoms with Crippen molar-refractivity contribution in [3.05, 3.63) is 47.5 Å². The van der Waals surface area contributed by atoms with Gasteiger partial charge in [0.2, 0.25) is 0 Å². The van der Waals surface area contributed by atoms with Crippen LogP contribution in [-0.2, 0) is 38.1 Å². The highest BCUT2D eigenvalue weighted by molar-refractivity contribution is 5.88. The highest BCUT2D eigenvalue weighted by atomic mass is 16.6. The van der Waals surface area contributed by atoms with E-state index in [1.54, 1.807) is 52.4 Å². The second kappa shape index (κ2) is 9.99. The van der Waals surface area contributed by atoms with Crippen LogP contribution in [0.4, 0.5) is 0 Å². The zero-order valence-corrected chi connectivity index (χ0v) is 23.1. The molecular weight excluding hydrogens is 504 g/mol. The minimum absolute atomic E-state index is 0.0488. The minimum Gasteiger partial charge on any atom is -0.472 e. The molecule has 0 bridgehead atoms. The van der Waals surface area contributed by atoms with E-state index in [9.17, 15) is 19.2 Å². The van der Waals surface area contributed by atoms with Crippen LogP contribution in [0.3, 0.4) is 0 Å². The van der Waals surface area contributed by atoms with Crippen LogP contribution >= 0.6 is 0 Å². The van der Waals surface area contributed by atoms with Gasteiger partial charge in [-0.2, -0.15) is 0 Å². The molecule has 5 rings (SSSR count). The Kier molecular flexibility index (Phi) is 6.97. The molecule has 2 aliphatic carbocycles. The quantitative estimate of drug-likeness (QED) is 0.299. The van der Waals surface area contributed by atoms with Crippen molar-refractivity contribution in [3.8, 4) is 0 Å². The lowest BCUT2D eigenvalue weighted by Crippen LogP contribution is -2.64. The maximum Gasteiger partial charge on any atom is 0.333 e. The average Bonchev–Trinajstić information content (AvgIpc) is 3.61. The zero-order chi connectivity index (χ0) is 28.1. The Hall–Kier alpha value is -3.36. The van der Waals surface area contributed by atoms with Gasteiger partial charge in [-0.15, -0.1) is 0 Å². The monoisotopic (exact) mass is 540 g/mol. The summed E-state index contributed by atoms with van der Waals surface area (Å²) in [4.78, 5) is 53.1. The summed E-state index contributed by atoms with van der Waals surface area (Å²) in [6.07, 6.45) is 5.58. The van der Waals surface area contributed by atoms with E-state index >= 15 is 0 Å². The number of carbonyl (C=O) groups is 4. The predicted molar refractivity (Wildman–Crippen MR) is 137 cm³/mol. The second-order valence-corrected chi connectivity index (χ2v) is 11.8. The summed E-state index contributed by atoms with van der Waals surface area (Å²) in [5.41, 5.74) is 0.213. The van der Waals surface area contributed by atoms with E-state index in [2.05, 4.69) is 0 Å². The van der Waals surface area contributed by atoms with Gasteiger partial charge in [0, 0.05) is 29.0 Å². The van der Waals surface area contributed by atoms with E-state index in [4.69, 9.17) is 23.4 Å². The SMILES string of the molecule is CC=C(C)C(=O)OC1CC2C3(CCC(C)C24CC(c2ccoc2)OC4=O)COC(=O)C3C1OC(=O)C=C(C)C. The Labute approximate surface area is 227 Å². The summed E-state index contributed by atoms with van der Waals surface area (Å²) in [6.45, 7) is 9.06. The van der Waals surface area contributed by atoms with Gasteiger partial charge in [-0.05, 0) is 64.9 Å². The van der Waals surface area contributed by atoms with Gasteiger partial charge < -0.3 is 23.4 Å². The summed E-state index contributed by atoms with van der Waals surface area (Å²) < 4.78 is 28.8. The van der Waals surface area contributed by atoms with Gasteiger partial charge in [-0.3, -0.25) is 9.59 Å². The number of allylic oxidation sites excluding steroid dienone is 2. The fourth-order valence-electron chi connectivity index (χ4n) is 7.44. The van der Waals surface area contributed by atoms with Crippen LogP contribution in [0.1, 0.15) is 72.0 Å². The summed E-state index contributed by atoms with van der Waals surface area (Å²) in [5, 5.41) is 0. The van der Waals surface area contributed by atoms with E-state index in [0.717, 1.165) is 11.1 Å². The first kappa shape index (κ1) is 27.2. The topological polar surface area (TPSA) is 118 Å². The van der Waals surface area contributed by atoms with Crippen molar-refractivity contribution < 1.29 is 42.5 Å². The lowest BCUT2D eigenvalue weighted by molar-refractivity contribution is -0.210. The first-order chi connectivity index (χ1) is 18.5. The first-order valence-electron chi connectivity index (χ1n) is 13.6. The average molecular weight is 541 g/mol. The Bertz CT molecular complexity index is 1220. The van der Waals surface area contributed by atoms with E-state index in [1.165, 1.54) is 6.08 Å². The van der Waals surface area contributed by atoms with Gasteiger partial charge >= 0.3 is 23.9 Å². The van der Waals surface area contributed by atoms with E-state index < -0.39 is 58.9 Å². The molecular formula is C30H36O9. The number of hydrogen-bond donors (Lipinski definition) is 0. The van der Waals surface area contributed by atoms with Crippen LogP contribution in [0.15, 0.2) is 46.3 Å². The summed E-state index contributed by atoms with van der Waals surface area (Å²) >= 11 is 0. The van der Waals surface area contributed by atoms with E-state index in [1.807, 2.05) is 6.92 Å². The van der Waals surface area contributed by atoms with Crippen molar-refractivity contribution in [2.45, 2.75) is 78.6 Å². The third kappa shape index (κ3) is 4.30. The van der Waals surface area contributed by atoms with Gasteiger partial charge in [0.25, 0.3) is 0 Å². The maximum atomic E-state index is 13.9. The van der Waals surface area contributed by atoms with Crippen LogP contribution in [0.5, 0.6) is 0 Å². The van der Waals surface area contributed by atoms with E-state index in [-0.39, 0.29) is 24.9 Å². The Morgan fingerprint density at radius 2 is 1.92 bits per heavy atom. The van der Waals surface area contributed by atoms with Crippen LogP contribution in [0.25, 0.3) is 0 Å². The van der Waals surface area contributed by atoms with Crippen molar-refractivity contribution in [2.75, 3.05) is 6.61 Å². The molecule has 2 saturated carbocycles. The number of furan rings is 1. The molecule has 3 heterocycles. The van der Waals surface area contributed by atoms with Crippen molar-refractivity contribution in [3.63, 3.8) is 0 Å². The summed E-state index contributed by atoms with van der Waals surface area (Å²) in [6, 6.07) is 1.79.